The first-order valence-electron chi connectivity index (χ1n) is 5.41. The molecule has 1 rings (SSSR count). The van der Waals surface area contributed by atoms with Gasteiger partial charge in [-0.25, -0.2) is 0 Å². The van der Waals surface area contributed by atoms with E-state index in [9.17, 15) is 15.2 Å². The van der Waals surface area contributed by atoms with Crippen molar-refractivity contribution in [2.45, 2.75) is 26.9 Å². The SMILES string of the molecule is CC(C)(C)C(O)C=Cc1ccc([N+](=O)[O-])cc1. The van der Waals surface area contributed by atoms with Gasteiger partial charge in [0.2, 0.25) is 0 Å². The lowest BCUT2D eigenvalue weighted by Crippen LogP contribution is -2.23. The second-order valence-corrected chi connectivity index (χ2v) is 5.02. The summed E-state index contributed by atoms with van der Waals surface area (Å²) >= 11 is 0. The summed E-state index contributed by atoms with van der Waals surface area (Å²) in [6.45, 7) is 5.83. The standard InChI is InChI=1S/C13H17NO3/c1-13(2,3)12(15)9-6-10-4-7-11(8-5-10)14(16)17/h4-9,12,15H,1-3H3. The quantitative estimate of drug-likeness (QED) is 0.647. The Morgan fingerprint density at radius 2 is 1.82 bits per heavy atom. The van der Waals surface area contributed by atoms with E-state index in [0.29, 0.717) is 0 Å². The van der Waals surface area contributed by atoms with Crippen LogP contribution in [0.4, 0.5) is 5.69 Å². The highest BCUT2D eigenvalue weighted by atomic mass is 16.6. The van der Waals surface area contributed by atoms with Crippen molar-refractivity contribution < 1.29 is 10.0 Å². The van der Waals surface area contributed by atoms with Crippen LogP contribution in [0.1, 0.15) is 26.3 Å². The van der Waals surface area contributed by atoms with E-state index in [-0.39, 0.29) is 11.1 Å². The third kappa shape index (κ3) is 4.00. The second-order valence-electron chi connectivity index (χ2n) is 5.02. The largest absolute Gasteiger partial charge is 0.388 e. The molecule has 0 spiro atoms. The number of nitro groups is 1. The Morgan fingerprint density at radius 3 is 2.24 bits per heavy atom. The normalized spacial score (nSPS) is 13.9. The van der Waals surface area contributed by atoms with Gasteiger partial charge in [-0.05, 0) is 23.1 Å². The summed E-state index contributed by atoms with van der Waals surface area (Å²) in [5.74, 6) is 0. The molecule has 0 amide bonds. The zero-order valence-corrected chi connectivity index (χ0v) is 10.3. The van der Waals surface area contributed by atoms with Crippen LogP contribution in [-0.2, 0) is 0 Å². The number of aliphatic hydroxyl groups excluding tert-OH is 1. The molecule has 0 heterocycles. The predicted octanol–water partition coefficient (Wildman–Crippen LogP) is 3.02. The van der Waals surface area contributed by atoms with Gasteiger partial charge in [0, 0.05) is 12.1 Å². The van der Waals surface area contributed by atoms with E-state index in [2.05, 4.69) is 0 Å². The predicted molar refractivity (Wildman–Crippen MR) is 67.6 cm³/mol. The second kappa shape index (κ2) is 5.10. The van der Waals surface area contributed by atoms with E-state index in [1.807, 2.05) is 20.8 Å². The van der Waals surface area contributed by atoms with Crippen molar-refractivity contribution in [3.8, 4) is 0 Å². The lowest BCUT2D eigenvalue weighted by molar-refractivity contribution is -0.384. The molecule has 4 heteroatoms. The highest BCUT2D eigenvalue weighted by Crippen LogP contribution is 2.21. The van der Waals surface area contributed by atoms with E-state index in [4.69, 9.17) is 0 Å². The van der Waals surface area contributed by atoms with E-state index < -0.39 is 11.0 Å². The summed E-state index contributed by atoms with van der Waals surface area (Å²) < 4.78 is 0. The number of hydrogen-bond acceptors (Lipinski definition) is 3. The molecule has 4 nitrogen and oxygen atoms in total. The van der Waals surface area contributed by atoms with Crippen LogP contribution in [0.15, 0.2) is 30.3 Å². The fraction of sp³-hybridized carbons (Fsp3) is 0.385. The molecule has 1 unspecified atom stereocenters. The minimum absolute atomic E-state index is 0.0681. The molecule has 92 valence electrons. The summed E-state index contributed by atoms with van der Waals surface area (Å²) in [7, 11) is 0. The highest BCUT2D eigenvalue weighted by Gasteiger charge is 2.18. The number of hydrogen-bond donors (Lipinski definition) is 1. The molecule has 0 bridgehead atoms. The lowest BCUT2D eigenvalue weighted by atomic mass is 9.89. The molecule has 0 aliphatic carbocycles. The first-order chi connectivity index (χ1) is 7.80. The number of nitro benzene ring substituents is 1. The molecule has 1 atom stereocenters. The Morgan fingerprint density at radius 1 is 1.29 bits per heavy atom. The van der Waals surface area contributed by atoms with Gasteiger partial charge < -0.3 is 5.11 Å². The van der Waals surface area contributed by atoms with Gasteiger partial charge in [-0.15, -0.1) is 0 Å². The van der Waals surface area contributed by atoms with Crippen molar-refractivity contribution in [1.82, 2.24) is 0 Å². The van der Waals surface area contributed by atoms with E-state index in [1.165, 1.54) is 12.1 Å². The number of benzene rings is 1. The van der Waals surface area contributed by atoms with Gasteiger partial charge in [-0.3, -0.25) is 10.1 Å². The van der Waals surface area contributed by atoms with Crippen molar-refractivity contribution >= 4 is 11.8 Å². The number of aliphatic hydroxyl groups is 1. The van der Waals surface area contributed by atoms with Gasteiger partial charge in [0.1, 0.15) is 0 Å². The van der Waals surface area contributed by atoms with Crippen LogP contribution in [0.2, 0.25) is 0 Å². The molecular formula is C13H17NO3. The van der Waals surface area contributed by atoms with Crippen LogP contribution >= 0.6 is 0 Å². The van der Waals surface area contributed by atoms with Crippen molar-refractivity contribution in [3.05, 3.63) is 46.0 Å². The maximum absolute atomic E-state index is 10.5. The van der Waals surface area contributed by atoms with Crippen LogP contribution in [0.3, 0.4) is 0 Å². The zero-order chi connectivity index (χ0) is 13.1. The van der Waals surface area contributed by atoms with Gasteiger partial charge in [-0.1, -0.05) is 32.9 Å². The number of nitrogens with zero attached hydrogens (tertiary/aromatic N) is 1. The molecule has 17 heavy (non-hydrogen) atoms. The fourth-order valence-electron chi connectivity index (χ4n) is 1.20. The molecule has 1 aromatic carbocycles. The maximum atomic E-state index is 10.5. The van der Waals surface area contributed by atoms with Gasteiger partial charge in [0.05, 0.1) is 11.0 Å². The minimum atomic E-state index is -0.544. The monoisotopic (exact) mass is 235 g/mol. The Bertz CT molecular complexity index is 415. The summed E-state index contributed by atoms with van der Waals surface area (Å²) in [6.07, 6.45) is 2.92. The topological polar surface area (TPSA) is 63.4 Å². The highest BCUT2D eigenvalue weighted by molar-refractivity contribution is 5.52. The van der Waals surface area contributed by atoms with Crippen LogP contribution in [0.25, 0.3) is 6.08 Å². The van der Waals surface area contributed by atoms with E-state index in [0.717, 1.165) is 5.56 Å². The average molecular weight is 235 g/mol. The molecule has 0 aromatic heterocycles. The van der Waals surface area contributed by atoms with Crippen LogP contribution < -0.4 is 0 Å². The van der Waals surface area contributed by atoms with Crippen molar-refractivity contribution in [2.75, 3.05) is 0 Å². The molecule has 0 saturated heterocycles. The molecule has 0 aliphatic rings. The summed E-state index contributed by atoms with van der Waals surface area (Å²) in [6, 6.07) is 6.21. The third-order valence-corrected chi connectivity index (χ3v) is 2.46. The first kappa shape index (κ1) is 13.4. The lowest BCUT2D eigenvalue weighted by Gasteiger charge is -2.22. The molecule has 0 saturated carbocycles. The van der Waals surface area contributed by atoms with Crippen molar-refractivity contribution in [3.63, 3.8) is 0 Å². The Balaban J connectivity index is 2.76. The van der Waals surface area contributed by atoms with Gasteiger partial charge >= 0.3 is 0 Å². The van der Waals surface area contributed by atoms with E-state index in [1.54, 1.807) is 24.3 Å². The maximum Gasteiger partial charge on any atom is 0.269 e. The Hall–Kier alpha value is -1.68. The third-order valence-electron chi connectivity index (χ3n) is 2.46. The molecule has 1 N–H and O–H groups in total. The van der Waals surface area contributed by atoms with Crippen LogP contribution in [0.5, 0.6) is 0 Å². The first-order valence-corrected chi connectivity index (χ1v) is 5.41. The van der Waals surface area contributed by atoms with E-state index >= 15 is 0 Å². The van der Waals surface area contributed by atoms with Crippen molar-refractivity contribution in [2.24, 2.45) is 5.41 Å². The van der Waals surface area contributed by atoms with Crippen LogP contribution in [-0.4, -0.2) is 16.1 Å². The fourth-order valence-corrected chi connectivity index (χ4v) is 1.20. The summed E-state index contributed by atoms with van der Waals surface area (Å²) in [5.41, 5.74) is 0.689. The summed E-state index contributed by atoms with van der Waals surface area (Å²) in [4.78, 5) is 10.0. The van der Waals surface area contributed by atoms with Gasteiger partial charge in [0.15, 0.2) is 0 Å². The Labute approximate surface area is 101 Å². The minimum Gasteiger partial charge on any atom is -0.388 e. The molecule has 1 aromatic rings. The van der Waals surface area contributed by atoms with Crippen molar-refractivity contribution in [1.29, 1.82) is 0 Å². The van der Waals surface area contributed by atoms with Gasteiger partial charge in [0.25, 0.3) is 5.69 Å². The molecule has 0 fully saturated rings. The molecular weight excluding hydrogens is 218 g/mol. The smallest absolute Gasteiger partial charge is 0.269 e. The van der Waals surface area contributed by atoms with Crippen LogP contribution in [0, 0.1) is 15.5 Å². The van der Waals surface area contributed by atoms with Gasteiger partial charge in [-0.2, -0.15) is 0 Å². The zero-order valence-electron chi connectivity index (χ0n) is 10.3. The number of non-ortho nitro benzene ring substituents is 1. The molecule has 0 radical (unpaired) electrons. The number of rotatable bonds is 3. The molecule has 0 aliphatic heterocycles. The average Bonchev–Trinajstić information content (AvgIpc) is 2.25. The Kier molecular flexibility index (Phi) is 4.02. The summed E-state index contributed by atoms with van der Waals surface area (Å²) in [5, 5.41) is 20.3.